The summed E-state index contributed by atoms with van der Waals surface area (Å²) in [6.45, 7) is 5.02. The van der Waals surface area contributed by atoms with Crippen LogP contribution in [-0.4, -0.2) is 17.6 Å². The van der Waals surface area contributed by atoms with Crippen molar-refractivity contribution in [3.63, 3.8) is 0 Å². The molecule has 0 bridgehead atoms. The van der Waals surface area contributed by atoms with Gasteiger partial charge >= 0.3 is 0 Å². The monoisotopic (exact) mass is 178 g/mol. The van der Waals surface area contributed by atoms with Gasteiger partial charge in [-0.25, -0.2) is 4.98 Å². The molecule has 0 atom stereocenters. The molecule has 2 heterocycles. The van der Waals surface area contributed by atoms with Crippen molar-refractivity contribution in [2.45, 2.75) is 26.4 Å². The number of aromatic nitrogens is 1. The number of anilines is 1. The second-order valence-corrected chi connectivity index (χ2v) is 3.52. The van der Waals surface area contributed by atoms with E-state index in [-0.39, 0.29) is 6.10 Å². The van der Waals surface area contributed by atoms with Crippen molar-refractivity contribution in [1.82, 2.24) is 4.98 Å². The summed E-state index contributed by atoms with van der Waals surface area (Å²) in [7, 11) is 0. The average Bonchev–Trinajstić information content (AvgIpc) is 2.49. The van der Waals surface area contributed by atoms with Gasteiger partial charge in [0.2, 0.25) is 5.88 Å². The van der Waals surface area contributed by atoms with Crippen LogP contribution < -0.4 is 10.1 Å². The second-order valence-electron chi connectivity index (χ2n) is 3.52. The van der Waals surface area contributed by atoms with E-state index >= 15 is 0 Å². The second kappa shape index (κ2) is 3.24. The van der Waals surface area contributed by atoms with E-state index in [1.165, 1.54) is 11.3 Å². The zero-order valence-corrected chi connectivity index (χ0v) is 8.00. The van der Waals surface area contributed by atoms with Crippen molar-refractivity contribution in [3.05, 3.63) is 17.8 Å². The van der Waals surface area contributed by atoms with E-state index in [0.717, 1.165) is 13.0 Å². The first-order valence-electron chi connectivity index (χ1n) is 4.65. The van der Waals surface area contributed by atoms with Crippen molar-refractivity contribution < 1.29 is 4.74 Å². The van der Waals surface area contributed by atoms with Crippen LogP contribution in [0.3, 0.4) is 0 Å². The average molecular weight is 178 g/mol. The highest BCUT2D eigenvalue weighted by Crippen LogP contribution is 2.24. The molecule has 0 saturated heterocycles. The van der Waals surface area contributed by atoms with Gasteiger partial charge in [-0.05, 0) is 25.8 Å². The molecule has 3 nitrogen and oxygen atoms in total. The fraction of sp³-hybridized carbons (Fsp3) is 0.500. The first kappa shape index (κ1) is 8.35. The Labute approximate surface area is 78.1 Å². The first-order valence-corrected chi connectivity index (χ1v) is 4.65. The fourth-order valence-corrected chi connectivity index (χ4v) is 1.47. The highest BCUT2D eigenvalue weighted by Gasteiger charge is 2.11. The van der Waals surface area contributed by atoms with Crippen LogP contribution in [0.2, 0.25) is 0 Å². The quantitative estimate of drug-likeness (QED) is 0.750. The highest BCUT2D eigenvalue weighted by molar-refractivity contribution is 5.56. The van der Waals surface area contributed by atoms with E-state index < -0.39 is 0 Å². The molecule has 0 spiro atoms. The molecular formula is C10H14N2O. The normalized spacial score (nSPS) is 14.1. The van der Waals surface area contributed by atoms with Crippen molar-refractivity contribution >= 4 is 5.69 Å². The number of pyridine rings is 1. The minimum Gasteiger partial charge on any atom is -0.475 e. The molecule has 1 aromatic heterocycles. The number of hydrogen-bond donors (Lipinski definition) is 1. The van der Waals surface area contributed by atoms with Crippen LogP contribution in [0.25, 0.3) is 0 Å². The molecule has 1 N–H and O–H groups in total. The van der Waals surface area contributed by atoms with Crippen LogP contribution in [0.4, 0.5) is 5.69 Å². The SMILES string of the molecule is CC(C)Oc1cc2c(cn1)CCN2. The lowest BCUT2D eigenvalue weighted by molar-refractivity contribution is 0.233. The highest BCUT2D eigenvalue weighted by atomic mass is 16.5. The molecule has 0 aliphatic carbocycles. The van der Waals surface area contributed by atoms with Gasteiger partial charge in [0, 0.05) is 24.5 Å². The summed E-state index contributed by atoms with van der Waals surface area (Å²) in [5.41, 5.74) is 2.46. The van der Waals surface area contributed by atoms with Crippen molar-refractivity contribution in [1.29, 1.82) is 0 Å². The molecule has 0 saturated carbocycles. The van der Waals surface area contributed by atoms with Crippen molar-refractivity contribution in [3.8, 4) is 5.88 Å². The van der Waals surface area contributed by atoms with E-state index in [1.54, 1.807) is 0 Å². The van der Waals surface area contributed by atoms with Crippen LogP contribution in [0.5, 0.6) is 5.88 Å². The predicted octanol–water partition coefficient (Wildman–Crippen LogP) is 1.84. The molecule has 3 heteroatoms. The van der Waals surface area contributed by atoms with Gasteiger partial charge in [0.05, 0.1) is 6.10 Å². The Kier molecular flexibility index (Phi) is 2.08. The zero-order chi connectivity index (χ0) is 9.26. The lowest BCUT2D eigenvalue weighted by Crippen LogP contribution is -2.06. The first-order chi connectivity index (χ1) is 6.25. The van der Waals surface area contributed by atoms with Crippen molar-refractivity contribution in [2.24, 2.45) is 0 Å². The molecule has 1 aliphatic rings. The lowest BCUT2D eigenvalue weighted by atomic mass is 10.2. The van der Waals surface area contributed by atoms with Gasteiger partial charge in [-0.2, -0.15) is 0 Å². The molecule has 1 aromatic rings. The van der Waals surface area contributed by atoms with Crippen molar-refractivity contribution in [2.75, 3.05) is 11.9 Å². The third-order valence-electron chi connectivity index (χ3n) is 2.03. The molecule has 70 valence electrons. The van der Waals surface area contributed by atoms with Gasteiger partial charge in [-0.3, -0.25) is 0 Å². The zero-order valence-electron chi connectivity index (χ0n) is 8.00. The van der Waals surface area contributed by atoms with E-state index in [2.05, 4.69) is 10.3 Å². The van der Waals surface area contributed by atoms with Gasteiger partial charge in [-0.1, -0.05) is 0 Å². The van der Waals surface area contributed by atoms with E-state index in [1.807, 2.05) is 26.1 Å². The standard InChI is InChI=1S/C10H14N2O/c1-7(2)13-10-5-9-8(6-12-10)3-4-11-9/h5-7,11H,3-4H2,1-2H3. The number of ether oxygens (including phenoxy) is 1. The molecule has 0 unspecified atom stereocenters. The molecule has 13 heavy (non-hydrogen) atoms. The molecule has 0 aromatic carbocycles. The number of fused-ring (bicyclic) bond motifs is 1. The van der Waals surface area contributed by atoms with Gasteiger partial charge in [0.1, 0.15) is 0 Å². The third-order valence-corrected chi connectivity index (χ3v) is 2.03. The molecule has 0 amide bonds. The van der Waals surface area contributed by atoms with Crippen LogP contribution in [0, 0.1) is 0 Å². The summed E-state index contributed by atoms with van der Waals surface area (Å²) in [6.07, 6.45) is 3.16. The maximum absolute atomic E-state index is 5.49. The summed E-state index contributed by atoms with van der Waals surface area (Å²) in [6, 6.07) is 1.97. The summed E-state index contributed by atoms with van der Waals surface area (Å²) >= 11 is 0. The Morgan fingerprint density at radius 2 is 2.38 bits per heavy atom. The number of nitrogens with one attached hydrogen (secondary N) is 1. The maximum Gasteiger partial charge on any atom is 0.215 e. The van der Waals surface area contributed by atoms with Crippen LogP contribution in [-0.2, 0) is 6.42 Å². The Morgan fingerprint density at radius 1 is 1.54 bits per heavy atom. The Hall–Kier alpha value is -1.25. The van der Waals surface area contributed by atoms with Gasteiger partial charge in [0.25, 0.3) is 0 Å². The number of hydrogen-bond acceptors (Lipinski definition) is 3. The molecule has 0 radical (unpaired) electrons. The van der Waals surface area contributed by atoms with E-state index in [9.17, 15) is 0 Å². The topological polar surface area (TPSA) is 34.1 Å². The van der Waals surface area contributed by atoms with Gasteiger partial charge < -0.3 is 10.1 Å². The van der Waals surface area contributed by atoms with Crippen LogP contribution in [0.15, 0.2) is 12.3 Å². The Balaban J connectivity index is 2.21. The van der Waals surface area contributed by atoms with E-state index in [0.29, 0.717) is 5.88 Å². The Morgan fingerprint density at radius 3 is 3.15 bits per heavy atom. The summed E-state index contributed by atoms with van der Waals surface area (Å²) < 4.78 is 5.49. The van der Waals surface area contributed by atoms with E-state index in [4.69, 9.17) is 4.74 Å². The maximum atomic E-state index is 5.49. The number of nitrogens with zero attached hydrogens (tertiary/aromatic N) is 1. The molecular weight excluding hydrogens is 164 g/mol. The van der Waals surface area contributed by atoms with Crippen LogP contribution in [0.1, 0.15) is 19.4 Å². The third kappa shape index (κ3) is 1.74. The lowest BCUT2D eigenvalue weighted by Gasteiger charge is -2.09. The smallest absolute Gasteiger partial charge is 0.215 e. The Bertz CT molecular complexity index is 310. The predicted molar refractivity (Wildman–Crippen MR) is 52.2 cm³/mol. The van der Waals surface area contributed by atoms with Gasteiger partial charge in [-0.15, -0.1) is 0 Å². The molecule has 2 rings (SSSR count). The summed E-state index contributed by atoms with van der Waals surface area (Å²) in [4.78, 5) is 4.23. The summed E-state index contributed by atoms with van der Waals surface area (Å²) in [5, 5.41) is 3.29. The minimum atomic E-state index is 0.187. The van der Waals surface area contributed by atoms with Gasteiger partial charge in [0.15, 0.2) is 0 Å². The summed E-state index contributed by atoms with van der Waals surface area (Å²) in [5.74, 6) is 0.711. The fourth-order valence-electron chi connectivity index (χ4n) is 1.47. The molecule has 1 aliphatic heterocycles. The number of rotatable bonds is 2. The largest absolute Gasteiger partial charge is 0.475 e. The minimum absolute atomic E-state index is 0.187. The molecule has 0 fully saturated rings. The van der Waals surface area contributed by atoms with Crippen LogP contribution >= 0.6 is 0 Å².